The van der Waals surface area contributed by atoms with Crippen LogP contribution < -0.4 is 10.1 Å². The molecule has 0 spiro atoms. The molecule has 1 aliphatic carbocycles. The molecule has 0 radical (unpaired) electrons. The highest BCUT2D eigenvalue weighted by molar-refractivity contribution is 5.85. The minimum absolute atomic E-state index is 0.172. The van der Waals surface area contributed by atoms with Crippen molar-refractivity contribution in [3.05, 3.63) is 29.6 Å². The molecule has 1 aromatic carbocycles. The molecular formula is C16H19FN2O2. The summed E-state index contributed by atoms with van der Waals surface area (Å²) in [7, 11) is 1.40. The minimum Gasteiger partial charge on any atom is -0.494 e. The number of nitriles is 1. The van der Waals surface area contributed by atoms with Crippen molar-refractivity contribution in [1.29, 1.82) is 5.26 Å². The van der Waals surface area contributed by atoms with Gasteiger partial charge in [-0.1, -0.05) is 25.3 Å². The molecule has 1 amide bonds. The van der Waals surface area contributed by atoms with Gasteiger partial charge in [-0.2, -0.15) is 5.26 Å². The topological polar surface area (TPSA) is 62.1 Å². The number of methoxy groups -OCH3 is 1. The summed E-state index contributed by atoms with van der Waals surface area (Å²) in [6, 6.07) is 6.73. The fourth-order valence-electron chi connectivity index (χ4n) is 2.72. The lowest BCUT2D eigenvalue weighted by atomic mass is 9.74. The van der Waals surface area contributed by atoms with Gasteiger partial charge in [0.15, 0.2) is 11.6 Å². The SMILES string of the molecule is COc1ccc(CNC(=O)C2(C#N)CCCCC2)cc1F. The fourth-order valence-corrected chi connectivity index (χ4v) is 2.72. The predicted molar refractivity (Wildman–Crippen MR) is 75.9 cm³/mol. The number of hydrogen-bond donors (Lipinski definition) is 1. The van der Waals surface area contributed by atoms with Gasteiger partial charge in [0.05, 0.1) is 13.2 Å². The van der Waals surface area contributed by atoms with Gasteiger partial charge in [-0.15, -0.1) is 0 Å². The van der Waals surface area contributed by atoms with Gasteiger partial charge in [0.2, 0.25) is 5.91 Å². The fraction of sp³-hybridized carbons (Fsp3) is 0.500. The summed E-state index contributed by atoms with van der Waals surface area (Å²) >= 11 is 0. The molecule has 0 aliphatic heterocycles. The van der Waals surface area contributed by atoms with Gasteiger partial charge >= 0.3 is 0 Å². The van der Waals surface area contributed by atoms with Crippen LogP contribution in [0.1, 0.15) is 37.7 Å². The maximum absolute atomic E-state index is 13.6. The molecule has 2 rings (SSSR count). The van der Waals surface area contributed by atoms with Crippen LogP contribution in [0.4, 0.5) is 4.39 Å². The first-order valence-corrected chi connectivity index (χ1v) is 7.13. The molecule has 0 unspecified atom stereocenters. The summed E-state index contributed by atoms with van der Waals surface area (Å²) in [6.45, 7) is 0.211. The Kier molecular flexibility index (Phi) is 4.79. The predicted octanol–water partition coefficient (Wildman–Crippen LogP) is 2.92. The lowest BCUT2D eigenvalue weighted by Gasteiger charge is -2.29. The Morgan fingerprint density at radius 3 is 2.71 bits per heavy atom. The molecule has 1 N–H and O–H groups in total. The second kappa shape index (κ2) is 6.57. The second-order valence-corrected chi connectivity index (χ2v) is 5.41. The van der Waals surface area contributed by atoms with Crippen LogP contribution in [0.25, 0.3) is 0 Å². The van der Waals surface area contributed by atoms with E-state index in [1.54, 1.807) is 6.07 Å². The molecule has 1 aliphatic rings. The van der Waals surface area contributed by atoms with Gasteiger partial charge in [-0.3, -0.25) is 4.79 Å². The van der Waals surface area contributed by atoms with Crippen LogP contribution in [0, 0.1) is 22.6 Å². The van der Waals surface area contributed by atoms with Gasteiger partial charge in [0.25, 0.3) is 0 Å². The molecule has 0 bridgehead atoms. The van der Waals surface area contributed by atoms with Crippen molar-refractivity contribution in [2.24, 2.45) is 5.41 Å². The molecule has 5 heteroatoms. The molecule has 1 fully saturated rings. The first-order valence-electron chi connectivity index (χ1n) is 7.13. The van der Waals surface area contributed by atoms with E-state index < -0.39 is 11.2 Å². The first kappa shape index (κ1) is 15.3. The van der Waals surface area contributed by atoms with Gasteiger partial charge < -0.3 is 10.1 Å². The average Bonchev–Trinajstić information content (AvgIpc) is 2.53. The number of hydrogen-bond acceptors (Lipinski definition) is 3. The third-order valence-corrected chi connectivity index (χ3v) is 4.03. The van der Waals surface area contributed by atoms with Crippen molar-refractivity contribution in [2.45, 2.75) is 38.6 Å². The summed E-state index contributed by atoms with van der Waals surface area (Å²) in [6.07, 6.45) is 4.08. The van der Waals surface area contributed by atoms with Crippen LogP contribution >= 0.6 is 0 Å². The molecule has 112 valence electrons. The lowest BCUT2D eigenvalue weighted by Crippen LogP contribution is -2.41. The number of nitrogens with one attached hydrogen (secondary N) is 1. The molecule has 0 aromatic heterocycles. The van der Waals surface area contributed by atoms with E-state index in [0.717, 1.165) is 19.3 Å². The summed E-state index contributed by atoms with van der Waals surface area (Å²) in [4.78, 5) is 12.3. The number of carbonyl (C=O) groups is 1. The van der Waals surface area contributed by atoms with Gasteiger partial charge in [-0.05, 0) is 30.5 Å². The number of amides is 1. The third kappa shape index (κ3) is 3.33. The van der Waals surface area contributed by atoms with E-state index in [4.69, 9.17) is 4.74 Å². The van der Waals surface area contributed by atoms with Crippen molar-refractivity contribution in [3.63, 3.8) is 0 Å². The lowest BCUT2D eigenvalue weighted by molar-refractivity contribution is -0.129. The maximum atomic E-state index is 13.6. The summed E-state index contributed by atoms with van der Waals surface area (Å²) in [5, 5.41) is 12.1. The van der Waals surface area contributed by atoms with E-state index in [1.807, 2.05) is 0 Å². The zero-order chi connectivity index (χ0) is 15.3. The van der Waals surface area contributed by atoms with E-state index >= 15 is 0 Å². The molecule has 4 nitrogen and oxygen atoms in total. The van der Waals surface area contributed by atoms with Crippen LogP contribution in [-0.2, 0) is 11.3 Å². The Morgan fingerprint density at radius 1 is 1.43 bits per heavy atom. The van der Waals surface area contributed by atoms with Crippen LogP contribution in [0.3, 0.4) is 0 Å². The van der Waals surface area contributed by atoms with E-state index in [-0.39, 0.29) is 18.2 Å². The monoisotopic (exact) mass is 290 g/mol. The Morgan fingerprint density at radius 2 is 2.14 bits per heavy atom. The smallest absolute Gasteiger partial charge is 0.240 e. The quantitative estimate of drug-likeness (QED) is 0.927. The number of benzene rings is 1. The van der Waals surface area contributed by atoms with Crippen molar-refractivity contribution < 1.29 is 13.9 Å². The van der Waals surface area contributed by atoms with Crippen LogP contribution in [0.2, 0.25) is 0 Å². The Bertz CT molecular complexity index is 560. The number of rotatable bonds is 4. The second-order valence-electron chi connectivity index (χ2n) is 5.41. The zero-order valence-electron chi connectivity index (χ0n) is 12.1. The third-order valence-electron chi connectivity index (χ3n) is 4.03. The number of carbonyl (C=O) groups excluding carboxylic acids is 1. The minimum atomic E-state index is -0.913. The number of nitrogens with zero attached hydrogens (tertiary/aromatic N) is 1. The molecule has 0 heterocycles. The standard InChI is InChI=1S/C16H19FN2O2/c1-21-14-6-5-12(9-13(14)17)10-19-15(20)16(11-18)7-3-2-4-8-16/h5-6,9H,2-4,7-8,10H2,1H3,(H,19,20). The van der Waals surface area contributed by atoms with E-state index in [2.05, 4.69) is 11.4 Å². The highest BCUT2D eigenvalue weighted by Gasteiger charge is 2.39. The number of ether oxygens (including phenoxy) is 1. The average molecular weight is 290 g/mol. The highest BCUT2D eigenvalue weighted by atomic mass is 19.1. The molecule has 0 saturated heterocycles. The van der Waals surface area contributed by atoms with Crippen molar-refractivity contribution in [2.75, 3.05) is 7.11 Å². The van der Waals surface area contributed by atoms with Crippen molar-refractivity contribution in [1.82, 2.24) is 5.32 Å². The van der Waals surface area contributed by atoms with Crippen molar-refractivity contribution in [3.8, 4) is 11.8 Å². The van der Waals surface area contributed by atoms with Gasteiger partial charge in [0.1, 0.15) is 5.41 Å². The normalized spacial score (nSPS) is 16.8. The van der Waals surface area contributed by atoms with Crippen LogP contribution in [0.15, 0.2) is 18.2 Å². The Labute approximate surface area is 123 Å². The zero-order valence-corrected chi connectivity index (χ0v) is 12.1. The summed E-state index contributed by atoms with van der Waals surface area (Å²) in [5.41, 5.74) is -0.269. The van der Waals surface area contributed by atoms with Gasteiger partial charge in [-0.25, -0.2) is 4.39 Å². The van der Waals surface area contributed by atoms with Crippen LogP contribution in [0.5, 0.6) is 5.75 Å². The Balaban J connectivity index is 2.00. The molecule has 21 heavy (non-hydrogen) atoms. The van der Waals surface area contributed by atoms with Gasteiger partial charge in [0, 0.05) is 6.54 Å². The highest BCUT2D eigenvalue weighted by Crippen LogP contribution is 2.35. The van der Waals surface area contributed by atoms with Crippen LogP contribution in [-0.4, -0.2) is 13.0 Å². The molecule has 0 atom stereocenters. The van der Waals surface area contributed by atoms with Crippen molar-refractivity contribution >= 4 is 5.91 Å². The Hall–Kier alpha value is -2.09. The molecule has 1 aromatic rings. The molecule has 1 saturated carbocycles. The van der Waals surface area contributed by atoms with E-state index in [9.17, 15) is 14.4 Å². The largest absolute Gasteiger partial charge is 0.494 e. The summed E-state index contributed by atoms with van der Waals surface area (Å²) in [5.74, 6) is -0.538. The van der Waals surface area contributed by atoms with E-state index in [1.165, 1.54) is 19.2 Å². The summed E-state index contributed by atoms with van der Waals surface area (Å²) < 4.78 is 18.4. The molecular weight excluding hydrogens is 271 g/mol. The number of halogens is 1. The maximum Gasteiger partial charge on any atom is 0.240 e. The first-order chi connectivity index (χ1) is 10.1. The van der Waals surface area contributed by atoms with E-state index in [0.29, 0.717) is 18.4 Å².